The number of hydrogen-bond donors (Lipinski definition) is 3. The maximum atomic E-state index is 12.8. The summed E-state index contributed by atoms with van der Waals surface area (Å²) >= 11 is 1.24. The summed E-state index contributed by atoms with van der Waals surface area (Å²) in [4.78, 5) is 40.3. The number of benzene rings is 1. The van der Waals surface area contributed by atoms with E-state index in [0.717, 1.165) is 11.1 Å². The van der Waals surface area contributed by atoms with E-state index in [-0.39, 0.29) is 11.8 Å². The molecule has 0 aliphatic rings. The van der Waals surface area contributed by atoms with Crippen molar-refractivity contribution in [3.63, 3.8) is 0 Å². The van der Waals surface area contributed by atoms with Gasteiger partial charge in [0, 0.05) is 24.4 Å². The zero-order chi connectivity index (χ0) is 25.6. The van der Waals surface area contributed by atoms with E-state index in [1.165, 1.54) is 23.6 Å². The Balaban J connectivity index is 1.65. The van der Waals surface area contributed by atoms with Gasteiger partial charge in [0.15, 0.2) is 10.9 Å². The molecular formula is C25H30N6O3S. The van der Waals surface area contributed by atoms with Gasteiger partial charge >= 0.3 is 0 Å². The Morgan fingerprint density at radius 2 is 1.91 bits per heavy atom. The van der Waals surface area contributed by atoms with Crippen molar-refractivity contribution in [1.82, 2.24) is 19.9 Å². The number of nitrogens with zero attached hydrogens (tertiary/aromatic N) is 4. The number of aromatic nitrogens is 3. The number of carbonyl (C=O) groups is 2. The summed E-state index contributed by atoms with van der Waals surface area (Å²) in [5.74, 6) is -0.563. The summed E-state index contributed by atoms with van der Waals surface area (Å²) in [5, 5.41) is 16.0. The highest BCUT2D eigenvalue weighted by molar-refractivity contribution is 7.15. The van der Waals surface area contributed by atoms with Crippen molar-refractivity contribution in [2.75, 3.05) is 31.3 Å². The van der Waals surface area contributed by atoms with Crippen LogP contribution in [0.2, 0.25) is 0 Å². The lowest BCUT2D eigenvalue weighted by Gasteiger charge is -2.14. The SMILES string of the molecule is CC(C(=O)Nc1ncc(C(C)(C)O)s1)c1cccc(-c2cnc(NC(=O)C=CCN(C)C)cn2)c1. The topological polar surface area (TPSA) is 120 Å². The monoisotopic (exact) mass is 494 g/mol. The predicted molar refractivity (Wildman–Crippen MR) is 138 cm³/mol. The van der Waals surface area contributed by atoms with Crippen LogP contribution in [-0.2, 0) is 15.2 Å². The number of aliphatic hydroxyl groups is 1. The Morgan fingerprint density at radius 1 is 1.14 bits per heavy atom. The van der Waals surface area contributed by atoms with Gasteiger partial charge in [-0.2, -0.15) is 0 Å². The summed E-state index contributed by atoms with van der Waals surface area (Å²) in [7, 11) is 3.84. The zero-order valence-corrected chi connectivity index (χ0v) is 21.3. The molecule has 9 nitrogen and oxygen atoms in total. The first-order valence-corrected chi connectivity index (χ1v) is 11.9. The smallest absolute Gasteiger partial charge is 0.249 e. The van der Waals surface area contributed by atoms with Crippen LogP contribution in [0, 0.1) is 0 Å². The number of anilines is 2. The summed E-state index contributed by atoms with van der Waals surface area (Å²) in [6, 6.07) is 7.51. The average Bonchev–Trinajstić information content (AvgIpc) is 3.28. The van der Waals surface area contributed by atoms with Crippen LogP contribution in [0.5, 0.6) is 0 Å². The third-order valence-corrected chi connectivity index (χ3v) is 6.28. The van der Waals surface area contributed by atoms with Gasteiger partial charge in [0.25, 0.3) is 0 Å². The minimum absolute atomic E-state index is 0.203. The lowest BCUT2D eigenvalue weighted by molar-refractivity contribution is -0.117. The second-order valence-corrected chi connectivity index (χ2v) is 9.90. The highest BCUT2D eigenvalue weighted by atomic mass is 32.1. The van der Waals surface area contributed by atoms with Crippen molar-refractivity contribution in [2.24, 2.45) is 0 Å². The second-order valence-electron chi connectivity index (χ2n) is 8.87. The summed E-state index contributed by atoms with van der Waals surface area (Å²) in [6.07, 6.45) is 7.87. The minimum atomic E-state index is -1.01. The minimum Gasteiger partial charge on any atom is -0.385 e. The summed E-state index contributed by atoms with van der Waals surface area (Å²) in [5.41, 5.74) is 1.22. The number of hydrogen-bond acceptors (Lipinski definition) is 8. The molecule has 1 atom stereocenters. The third kappa shape index (κ3) is 7.51. The molecule has 0 bridgehead atoms. The number of carbonyl (C=O) groups excluding carboxylic acids is 2. The van der Waals surface area contributed by atoms with E-state index in [2.05, 4.69) is 25.6 Å². The molecule has 1 unspecified atom stereocenters. The van der Waals surface area contributed by atoms with Gasteiger partial charge < -0.3 is 20.6 Å². The molecule has 0 saturated heterocycles. The third-order valence-electron chi connectivity index (χ3n) is 5.06. The van der Waals surface area contributed by atoms with Crippen molar-refractivity contribution >= 4 is 34.1 Å². The highest BCUT2D eigenvalue weighted by Crippen LogP contribution is 2.29. The number of nitrogens with one attached hydrogen (secondary N) is 2. The molecule has 0 saturated carbocycles. The van der Waals surface area contributed by atoms with E-state index in [4.69, 9.17) is 0 Å². The largest absolute Gasteiger partial charge is 0.385 e. The van der Waals surface area contributed by atoms with Gasteiger partial charge in [-0.1, -0.05) is 35.6 Å². The van der Waals surface area contributed by atoms with E-state index < -0.39 is 11.5 Å². The molecule has 2 heterocycles. The van der Waals surface area contributed by atoms with Crippen molar-refractivity contribution in [1.29, 1.82) is 0 Å². The Morgan fingerprint density at radius 3 is 2.54 bits per heavy atom. The van der Waals surface area contributed by atoms with Gasteiger partial charge in [0.1, 0.15) is 0 Å². The summed E-state index contributed by atoms with van der Waals surface area (Å²) < 4.78 is 0. The predicted octanol–water partition coefficient (Wildman–Crippen LogP) is 3.63. The van der Waals surface area contributed by atoms with Gasteiger partial charge in [0.05, 0.1) is 34.5 Å². The number of amides is 2. The van der Waals surface area contributed by atoms with Crippen LogP contribution in [0.1, 0.15) is 37.1 Å². The molecule has 3 N–H and O–H groups in total. The van der Waals surface area contributed by atoms with Crippen LogP contribution in [0.15, 0.2) is 55.0 Å². The van der Waals surface area contributed by atoms with Crippen LogP contribution in [0.3, 0.4) is 0 Å². The fourth-order valence-corrected chi connectivity index (χ4v) is 3.85. The van der Waals surface area contributed by atoms with Gasteiger partial charge in [-0.05, 0) is 46.5 Å². The van der Waals surface area contributed by atoms with E-state index in [9.17, 15) is 14.7 Å². The Bertz CT molecular complexity index is 1200. The van der Waals surface area contributed by atoms with Crippen molar-refractivity contribution in [3.8, 4) is 11.3 Å². The molecule has 0 aliphatic carbocycles. The molecule has 10 heteroatoms. The Kier molecular flexibility index (Phi) is 8.44. The molecule has 1 aromatic carbocycles. The van der Waals surface area contributed by atoms with Crippen LogP contribution in [-0.4, -0.2) is 57.4 Å². The van der Waals surface area contributed by atoms with E-state index in [1.54, 1.807) is 32.3 Å². The quantitative estimate of drug-likeness (QED) is 0.389. The molecule has 3 aromatic rings. The Hall–Kier alpha value is -3.47. The number of rotatable bonds is 9. The molecule has 2 aromatic heterocycles. The first kappa shape index (κ1) is 26.1. The van der Waals surface area contributed by atoms with Crippen molar-refractivity contribution < 1.29 is 14.7 Å². The fourth-order valence-electron chi connectivity index (χ4n) is 3.03. The van der Waals surface area contributed by atoms with Crippen LogP contribution in [0.25, 0.3) is 11.3 Å². The lowest BCUT2D eigenvalue weighted by Crippen LogP contribution is -2.18. The standard InChI is InChI=1S/C25H30N6O3S/c1-16(23(33)30-24-28-14-20(35-24)25(2,3)34)17-8-6-9-18(12-17)19-13-27-21(15-26-19)29-22(32)10-7-11-31(4)5/h6-10,12-16,34H,11H2,1-5H3,(H,27,29,32)(H,28,30,33). The van der Waals surface area contributed by atoms with Crippen molar-refractivity contribution in [2.45, 2.75) is 32.3 Å². The molecule has 184 valence electrons. The molecular weight excluding hydrogens is 464 g/mol. The maximum Gasteiger partial charge on any atom is 0.249 e. The number of thiazole rings is 1. The van der Waals surface area contributed by atoms with E-state index >= 15 is 0 Å². The highest BCUT2D eigenvalue weighted by Gasteiger charge is 2.22. The van der Waals surface area contributed by atoms with Gasteiger partial charge in [-0.15, -0.1) is 0 Å². The van der Waals surface area contributed by atoms with Crippen LogP contribution >= 0.6 is 11.3 Å². The van der Waals surface area contributed by atoms with Crippen LogP contribution < -0.4 is 10.6 Å². The molecule has 3 rings (SSSR count). The number of likely N-dealkylation sites (N-methyl/N-ethyl adjacent to an activating group) is 1. The fraction of sp³-hybridized carbons (Fsp3) is 0.320. The van der Waals surface area contributed by atoms with Crippen LogP contribution in [0.4, 0.5) is 10.9 Å². The first-order chi connectivity index (χ1) is 16.5. The Labute approximate surface area is 209 Å². The van der Waals surface area contributed by atoms with Gasteiger partial charge in [-0.3, -0.25) is 14.6 Å². The normalized spacial score (nSPS) is 12.7. The molecule has 0 spiro atoms. The van der Waals surface area contributed by atoms with Gasteiger partial charge in [0.2, 0.25) is 11.8 Å². The van der Waals surface area contributed by atoms with E-state index in [1.807, 2.05) is 50.2 Å². The van der Waals surface area contributed by atoms with Gasteiger partial charge in [-0.25, -0.2) is 9.97 Å². The van der Waals surface area contributed by atoms with E-state index in [0.29, 0.717) is 28.1 Å². The lowest BCUT2D eigenvalue weighted by atomic mass is 9.97. The maximum absolute atomic E-state index is 12.8. The molecule has 0 fully saturated rings. The molecule has 2 amide bonds. The van der Waals surface area contributed by atoms with Crippen molar-refractivity contribution in [3.05, 3.63) is 65.4 Å². The summed E-state index contributed by atoms with van der Waals surface area (Å²) in [6.45, 7) is 5.82. The zero-order valence-electron chi connectivity index (χ0n) is 20.4. The molecule has 35 heavy (non-hydrogen) atoms. The average molecular weight is 495 g/mol. The first-order valence-electron chi connectivity index (χ1n) is 11.1. The second kappa shape index (κ2) is 11.3. The molecule has 0 radical (unpaired) electrons. The molecule has 0 aliphatic heterocycles.